The van der Waals surface area contributed by atoms with E-state index in [0.29, 0.717) is 17.4 Å². The second-order valence-corrected chi connectivity index (χ2v) is 6.78. The molecule has 1 unspecified atom stereocenters. The van der Waals surface area contributed by atoms with Gasteiger partial charge in [0.2, 0.25) is 0 Å². The van der Waals surface area contributed by atoms with E-state index in [4.69, 9.17) is 5.73 Å². The Labute approximate surface area is 123 Å². The van der Waals surface area contributed by atoms with Crippen molar-refractivity contribution in [3.05, 3.63) is 59.2 Å². The number of nitrogens with two attached hydrogens (primary N) is 1. The molecule has 0 spiro atoms. The summed E-state index contributed by atoms with van der Waals surface area (Å²) in [5.74, 6) is 1.05. The molecule has 0 aliphatic rings. The minimum Gasteiger partial charge on any atom is -0.398 e. The Hall–Kier alpha value is -1.61. The van der Waals surface area contributed by atoms with Gasteiger partial charge in [0.1, 0.15) is 0 Å². The van der Waals surface area contributed by atoms with Gasteiger partial charge in [0.05, 0.1) is 16.6 Å². The normalized spacial score (nSPS) is 12.6. The number of rotatable bonds is 4. The summed E-state index contributed by atoms with van der Waals surface area (Å²) in [6, 6.07) is 14.0. The van der Waals surface area contributed by atoms with Gasteiger partial charge < -0.3 is 5.73 Å². The summed E-state index contributed by atoms with van der Waals surface area (Å²) in [4.78, 5) is 0.831. The highest BCUT2D eigenvalue weighted by atomic mass is 32.2. The van der Waals surface area contributed by atoms with Gasteiger partial charge in [-0.15, -0.1) is 0 Å². The first kappa shape index (κ1) is 14.8. The van der Waals surface area contributed by atoms with Gasteiger partial charge in [-0.2, -0.15) is 0 Å². The Morgan fingerprint density at radius 3 is 2.35 bits per heavy atom. The first-order valence-electron chi connectivity index (χ1n) is 6.81. The number of anilines is 1. The SMILES string of the molecule is Cc1c(N)cccc1S(=O)Cc1ccc(C(C)C)cc1. The van der Waals surface area contributed by atoms with Gasteiger partial charge in [0.25, 0.3) is 0 Å². The summed E-state index contributed by atoms with van der Waals surface area (Å²) in [6.07, 6.45) is 0. The van der Waals surface area contributed by atoms with Crippen molar-refractivity contribution in [3.63, 3.8) is 0 Å². The van der Waals surface area contributed by atoms with Gasteiger partial charge >= 0.3 is 0 Å². The van der Waals surface area contributed by atoms with E-state index in [2.05, 4.69) is 38.1 Å². The maximum absolute atomic E-state index is 12.5. The molecule has 0 saturated carbocycles. The molecule has 0 aliphatic carbocycles. The molecule has 0 fully saturated rings. The predicted molar refractivity (Wildman–Crippen MR) is 86.2 cm³/mol. The lowest BCUT2D eigenvalue weighted by molar-refractivity contribution is 0.682. The Kier molecular flexibility index (Phi) is 4.61. The van der Waals surface area contributed by atoms with Crippen molar-refractivity contribution in [3.8, 4) is 0 Å². The molecule has 3 heteroatoms. The Morgan fingerprint density at radius 2 is 1.75 bits per heavy atom. The predicted octanol–water partition coefficient (Wildman–Crippen LogP) is 4.01. The number of nitrogen functional groups attached to an aromatic ring is 1. The van der Waals surface area contributed by atoms with Gasteiger partial charge in [-0.05, 0) is 41.7 Å². The molecule has 106 valence electrons. The topological polar surface area (TPSA) is 43.1 Å². The molecule has 0 radical (unpaired) electrons. The summed E-state index contributed by atoms with van der Waals surface area (Å²) in [5.41, 5.74) is 9.89. The second kappa shape index (κ2) is 6.23. The molecule has 2 aromatic carbocycles. The van der Waals surface area contributed by atoms with Crippen LogP contribution >= 0.6 is 0 Å². The van der Waals surface area contributed by atoms with Gasteiger partial charge in [-0.25, -0.2) is 0 Å². The second-order valence-electron chi connectivity index (χ2n) is 5.36. The molecule has 2 N–H and O–H groups in total. The third-order valence-electron chi connectivity index (χ3n) is 3.52. The lowest BCUT2D eigenvalue weighted by Gasteiger charge is -2.09. The third-order valence-corrected chi connectivity index (χ3v) is 5.04. The Bertz CT molecular complexity index is 617. The van der Waals surface area contributed by atoms with E-state index in [9.17, 15) is 4.21 Å². The molecule has 0 aromatic heterocycles. The Morgan fingerprint density at radius 1 is 1.10 bits per heavy atom. The molecule has 20 heavy (non-hydrogen) atoms. The zero-order valence-electron chi connectivity index (χ0n) is 12.2. The molecular formula is C17H21NOS. The fraction of sp³-hybridized carbons (Fsp3) is 0.294. The van der Waals surface area contributed by atoms with Crippen LogP contribution in [0.2, 0.25) is 0 Å². The van der Waals surface area contributed by atoms with Crippen LogP contribution in [0.15, 0.2) is 47.4 Å². The largest absolute Gasteiger partial charge is 0.398 e. The standard InChI is InChI=1S/C17H21NOS/c1-12(2)15-9-7-14(8-10-15)11-20(19)17-6-4-5-16(18)13(17)3/h4-10,12H,11,18H2,1-3H3. The summed E-state index contributed by atoms with van der Waals surface area (Å²) in [7, 11) is -1.05. The van der Waals surface area contributed by atoms with E-state index in [1.54, 1.807) is 0 Å². The molecule has 0 amide bonds. The number of hydrogen-bond acceptors (Lipinski definition) is 2. The first-order chi connectivity index (χ1) is 9.49. The molecule has 0 heterocycles. The Balaban J connectivity index is 2.17. The van der Waals surface area contributed by atoms with Crippen LogP contribution in [-0.4, -0.2) is 4.21 Å². The lowest BCUT2D eigenvalue weighted by Crippen LogP contribution is -2.01. The van der Waals surface area contributed by atoms with Crippen molar-refractivity contribution in [2.75, 3.05) is 5.73 Å². The van der Waals surface area contributed by atoms with Crippen LogP contribution in [-0.2, 0) is 16.6 Å². The van der Waals surface area contributed by atoms with E-state index in [1.807, 2.05) is 25.1 Å². The minimum atomic E-state index is -1.05. The summed E-state index contributed by atoms with van der Waals surface area (Å²) < 4.78 is 12.5. The summed E-state index contributed by atoms with van der Waals surface area (Å²) >= 11 is 0. The molecule has 0 aliphatic heterocycles. The van der Waals surface area contributed by atoms with Crippen LogP contribution < -0.4 is 5.73 Å². The average Bonchev–Trinajstić information content (AvgIpc) is 2.42. The molecular weight excluding hydrogens is 266 g/mol. The highest BCUT2D eigenvalue weighted by molar-refractivity contribution is 7.84. The number of benzene rings is 2. The van der Waals surface area contributed by atoms with Crippen molar-refractivity contribution in [2.24, 2.45) is 0 Å². The van der Waals surface area contributed by atoms with Crippen LogP contribution in [0, 0.1) is 6.92 Å². The summed E-state index contributed by atoms with van der Waals surface area (Å²) in [6.45, 7) is 6.26. The smallest absolute Gasteiger partial charge is 0.0577 e. The minimum absolute atomic E-state index is 0.519. The van der Waals surface area contributed by atoms with Crippen molar-refractivity contribution in [2.45, 2.75) is 37.3 Å². The lowest BCUT2D eigenvalue weighted by atomic mass is 10.0. The quantitative estimate of drug-likeness (QED) is 0.863. The first-order valence-corrected chi connectivity index (χ1v) is 8.13. The van der Waals surface area contributed by atoms with Gasteiger partial charge in [-0.3, -0.25) is 4.21 Å². The van der Waals surface area contributed by atoms with E-state index >= 15 is 0 Å². The van der Waals surface area contributed by atoms with Crippen LogP contribution in [0.5, 0.6) is 0 Å². The van der Waals surface area contributed by atoms with E-state index < -0.39 is 10.8 Å². The van der Waals surface area contributed by atoms with Crippen LogP contribution in [0.4, 0.5) is 5.69 Å². The fourth-order valence-electron chi connectivity index (χ4n) is 2.11. The zero-order valence-corrected chi connectivity index (χ0v) is 13.0. The monoisotopic (exact) mass is 287 g/mol. The molecule has 2 rings (SSSR count). The average molecular weight is 287 g/mol. The molecule has 1 atom stereocenters. The fourth-order valence-corrected chi connectivity index (χ4v) is 3.45. The molecule has 0 bridgehead atoms. The number of hydrogen-bond donors (Lipinski definition) is 1. The molecule has 2 aromatic rings. The molecule has 2 nitrogen and oxygen atoms in total. The van der Waals surface area contributed by atoms with Crippen molar-refractivity contribution in [1.82, 2.24) is 0 Å². The van der Waals surface area contributed by atoms with Crippen molar-refractivity contribution < 1.29 is 4.21 Å². The van der Waals surface area contributed by atoms with Crippen LogP contribution in [0.25, 0.3) is 0 Å². The van der Waals surface area contributed by atoms with E-state index in [0.717, 1.165) is 16.0 Å². The van der Waals surface area contributed by atoms with Gasteiger partial charge in [0.15, 0.2) is 0 Å². The van der Waals surface area contributed by atoms with Crippen LogP contribution in [0.3, 0.4) is 0 Å². The maximum atomic E-state index is 12.5. The summed E-state index contributed by atoms with van der Waals surface area (Å²) in [5, 5.41) is 0. The molecule has 0 saturated heterocycles. The highest BCUT2D eigenvalue weighted by Gasteiger charge is 2.10. The highest BCUT2D eigenvalue weighted by Crippen LogP contribution is 2.22. The maximum Gasteiger partial charge on any atom is 0.0577 e. The van der Waals surface area contributed by atoms with Crippen molar-refractivity contribution in [1.29, 1.82) is 0 Å². The van der Waals surface area contributed by atoms with Gasteiger partial charge in [0, 0.05) is 10.6 Å². The van der Waals surface area contributed by atoms with Crippen molar-refractivity contribution >= 4 is 16.5 Å². The van der Waals surface area contributed by atoms with Gasteiger partial charge in [-0.1, -0.05) is 44.2 Å². The van der Waals surface area contributed by atoms with Crippen LogP contribution in [0.1, 0.15) is 36.5 Å². The third kappa shape index (κ3) is 3.28. The van der Waals surface area contributed by atoms with E-state index in [1.165, 1.54) is 5.56 Å². The zero-order chi connectivity index (χ0) is 14.7. The van der Waals surface area contributed by atoms with E-state index in [-0.39, 0.29) is 0 Å².